The molecule has 0 spiro atoms. The molecule has 23 nitrogen and oxygen atoms in total. The van der Waals surface area contributed by atoms with Crippen LogP contribution in [0, 0.1) is 0 Å². The Morgan fingerprint density at radius 2 is 0.667 bits per heavy atom. The zero-order chi connectivity index (χ0) is 40.0. The quantitative estimate of drug-likeness (QED) is 0.0874. The normalized spacial score (nSPS) is 20.2. The summed E-state index contributed by atoms with van der Waals surface area (Å²) in [5, 5.41) is 9.16. The van der Waals surface area contributed by atoms with E-state index in [9.17, 15) is 18.3 Å². The number of guanidine groups is 3. The smallest absolute Gasteiger partial charge is 0.396 e. The van der Waals surface area contributed by atoms with E-state index in [1.54, 1.807) is 47.8 Å². The third-order valence-corrected chi connectivity index (χ3v) is 12.8. The van der Waals surface area contributed by atoms with Crippen molar-refractivity contribution < 1.29 is 64.8 Å². The van der Waals surface area contributed by atoms with E-state index in [1.165, 1.54) is 0 Å². The average molecular weight is 856 g/mol. The standard InChI is InChI=1S/C27H57N9O14P4/c1-31-11-12-32(2)25(31)28-51(38,44-18-7-17-37)45-19-8-20-46-52(39,29-26-33(3)13-14-34(26)4)47-21-9-22-48-53(40,30-27-35(5)15-16-36(27)6)49-23-10-24-50-54(41,42)43/h37H,7-24H2,1-6H3,(H2,41,42,43). The summed E-state index contributed by atoms with van der Waals surface area (Å²) < 4.78 is 103. The van der Waals surface area contributed by atoms with Crippen LogP contribution >= 0.6 is 31.1 Å². The summed E-state index contributed by atoms with van der Waals surface area (Å²) in [5.74, 6) is 1.22. The van der Waals surface area contributed by atoms with E-state index in [0.29, 0.717) is 57.1 Å². The lowest BCUT2D eigenvalue weighted by Gasteiger charge is -2.21. The number of phosphoric acid groups is 1. The van der Waals surface area contributed by atoms with E-state index < -0.39 is 31.1 Å². The Hall–Kier alpha value is -1.67. The Morgan fingerprint density at radius 1 is 0.444 bits per heavy atom. The molecule has 3 aliphatic heterocycles. The van der Waals surface area contributed by atoms with Crippen molar-refractivity contribution in [2.75, 3.05) is 134 Å². The van der Waals surface area contributed by atoms with Crippen LogP contribution in [-0.2, 0) is 49.9 Å². The Bertz CT molecular complexity index is 1450. The molecular formula is C27H57N9O14P4. The van der Waals surface area contributed by atoms with Gasteiger partial charge in [0.25, 0.3) is 0 Å². The highest BCUT2D eigenvalue weighted by molar-refractivity contribution is 7.53. The van der Waals surface area contributed by atoms with Crippen molar-refractivity contribution in [3.05, 3.63) is 0 Å². The van der Waals surface area contributed by atoms with Gasteiger partial charge in [0.05, 0.1) is 46.2 Å². The Labute approximate surface area is 317 Å². The third-order valence-electron chi connectivity index (χ3n) is 7.95. The maximum Gasteiger partial charge on any atom is 0.469 e. The van der Waals surface area contributed by atoms with E-state index in [4.69, 9.17) is 42.0 Å². The lowest BCUT2D eigenvalue weighted by Crippen LogP contribution is -2.28. The van der Waals surface area contributed by atoms with Gasteiger partial charge in [-0.3, -0.25) is 31.7 Å². The SMILES string of the molecule is CN1CCN(C)C1=NP(=O)(OCCCO)OCCCOP(=O)(N=C1N(C)CCN1C)OCCCOP(=O)(N=C1N(C)CCN1C)OCCCOP(=O)(O)O. The van der Waals surface area contributed by atoms with Crippen molar-refractivity contribution in [1.29, 1.82) is 0 Å². The summed E-state index contributed by atoms with van der Waals surface area (Å²) in [6.07, 6.45) is 0.451. The van der Waals surface area contributed by atoms with Crippen LogP contribution in [-0.4, -0.2) is 197 Å². The first kappa shape index (κ1) is 46.7. The Kier molecular flexibility index (Phi) is 18.8. The maximum atomic E-state index is 14.0. The topological polar surface area (TPSA) is 250 Å². The second kappa shape index (κ2) is 21.7. The number of likely N-dealkylation sites (N-methyl/N-ethyl adjacent to an activating group) is 6. The molecule has 3 atom stereocenters. The van der Waals surface area contributed by atoms with Crippen LogP contribution in [0.2, 0.25) is 0 Å². The molecule has 0 aromatic heterocycles. The van der Waals surface area contributed by atoms with Crippen LogP contribution in [0.15, 0.2) is 14.3 Å². The second-order valence-electron chi connectivity index (χ2n) is 12.6. The predicted molar refractivity (Wildman–Crippen MR) is 200 cm³/mol. The van der Waals surface area contributed by atoms with Crippen molar-refractivity contribution in [2.45, 2.75) is 25.7 Å². The summed E-state index contributed by atoms with van der Waals surface area (Å²) in [4.78, 5) is 28.6. The molecule has 3 N–H and O–H groups in total. The summed E-state index contributed by atoms with van der Waals surface area (Å²) >= 11 is 0. The molecule has 3 aliphatic rings. The van der Waals surface area contributed by atoms with Gasteiger partial charge in [0.15, 0.2) is 0 Å². The van der Waals surface area contributed by atoms with Crippen LogP contribution in [0.4, 0.5) is 0 Å². The van der Waals surface area contributed by atoms with Gasteiger partial charge >= 0.3 is 31.1 Å². The number of hydrogen-bond donors (Lipinski definition) is 3. The highest BCUT2D eigenvalue weighted by Gasteiger charge is 2.34. The summed E-state index contributed by atoms with van der Waals surface area (Å²) in [5.41, 5.74) is 0. The van der Waals surface area contributed by atoms with Crippen molar-refractivity contribution in [3.8, 4) is 0 Å². The molecular weight excluding hydrogens is 798 g/mol. The van der Waals surface area contributed by atoms with Crippen LogP contribution in [0.25, 0.3) is 0 Å². The molecule has 27 heteroatoms. The van der Waals surface area contributed by atoms with Crippen molar-refractivity contribution in [3.63, 3.8) is 0 Å². The zero-order valence-electron chi connectivity index (χ0n) is 31.9. The highest BCUT2D eigenvalue weighted by atomic mass is 31.2. The van der Waals surface area contributed by atoms with Crippen molar-refractivity contribution >= 4 is 48.9 Å². The summed E-state index contributed by atoms with van der Waals surface area (Å²) in [7, 11) is -6.16. The molecule has 0 bridgehead atoms. The fraction of sp³-hybridized carbons (Fsp3) is 0.889. The highest BCUT2D eigenvalue weighted by Crippen LogP contribution is 2.53. The molecule has 54 heavy (non-hydrogen) atoms. The Balaban J connectivity index is 1.61. The Morgan fingerprint density at radius 3 is 0.889 bits per heavy atom. The first-order chi connectivity index (χ1) is 25.4. The summed E-state index contributed by atoms with van der Waals surface area (Å²) in [6, 6.07) is 0. The largest absolute Gasteiger partial charge is 0.469 e. The van der Waals surface area contributed by atoms with Gasteiger partial charge in [0.2, 0.25) is 17.9 Å². The van der Waals surface area contributed by atoms with E-state index in [1.807, 2.05) is 23.9 Å². The van der Waals surface area contributed by atoms with Crippen LogP contribution in [0.3, 0.4) is 0 Å². The molecule has 0 aromatic rings. The molecule has 0 radical (unpaired) electrons. The minimum atomic E-state index is -4.67. The fourth-order valence-electron chi connectivity index (χ4n) is 4.95. The van der Waals surface area contributed by atoms with Gasteiger partial charge in [0, 0.05) is 88.2 Å². The number of phosphoric ester groups is 1. The third kappa shape index (κ3) is 15.7. The molecule has 3 unspecified atom stereocenters. The molecule has 0 aliphatic carbocycles. The number of nitrogens with zero attached hydrogens (tertiary/aromatic N) is 9. The van der Waals surface area contributed by atoms with Gasteiger partial charge in [-0.2, -0.15) is 0 Å². The molecule has 0 amide bonds. The predicted octanol–water partition coefficient (Wildman–Crippen LogP) is 1.77. The number of aliphatic hydroxyl groups excluding tert-OH is 1. The van der Waals surface area contributed by atoms with Gasteiger partial charge in [-0.1, -0.05) is 0 Å². The number of hydrogen-bond acceptors (Lipinski definition) is 12. The van der Waals surface area contributed by atoms with Crippen LogP contribution in [0.5, 0.6) is 0 Å². The number of rotatable bonds is 25. The van der Waals surface area contributed by atoms with Gasteiger partial charge < -0.3 is 44.3 Å². The maximum absolute atomic E-state index is 14.0. The molecule has 0 aromatic carbocycles. The van der Waals surface area contributed by atoms with Gasteiger partial charge in [-0.15, -0.1) is 14.3 Å². The molecule has 3 rings (SSSR count). The minimum absolute atomic E-state index is 0.00409. The lowest BCUT2D eigenvalue weighted by atomic mass is 10.5. The second-order valence-corrected chi connectivity index (χ2v) is 18.8. The summed E-state index contributed by atoms with van der Waals surface area (Å²) in [6.45, 7) is 2.51. The minimum Gasteiger partial charge on any atom is -0.396 e. The van der Waals surface area contributed by atoms with E-state index in [2.05, 4.69) is 18.8 Å². The van der Waals surface area contributed by atoms with Crippen molar-refractivity contribution in [1.82, 2.24) is 29.4 Å². The van der Waals surface area contributed by atoms with Gasteiger partial charge in [0.1, 0.15) is 0 Å². The zero-order valence-corrected chi connectivity index (χ0v) is 35.5. The molecule has 3 saturated heterocycles. The van der Waals surface area contributed by atoms with E-state index in [0.717, 1.165) is 0 Å². The van der Waals surface area contributed by atoms with Crippen LogP contribution in [0.1, 0.15) is 25.7 Å². The lowest BCUT2D eigenvalue weighted by molar-refractivity contribution is 0.154. The van der Waals surface area contributed by atoms with Crippen molar-refractivity contribution in [2.24, 2.45) is 14.3 Å². The monoisotopic (exact) mass is 855 g/mol. The molecule has 0 saturated carbocycles. The van der Waals surface area contributed by atoms with Gasteiger partial charge in [-0.05, 0) is 25.7 Å². The molecule has 314 valence electrons. The number of aliphatic hydroxyl groups is 1. The average Bonchev–Trinajstić information content (AvgIpc) is 3.70. The fourth-order valence-corrected chi connectivity index (χ4v) is 9.62. The molecule has 3 heterocycles. The van der Waals surface area contributed by atoms with E-state index >= 15 is 0 Å². The first-order valence-electron chi connectivity index (χ1n) is 17.4. The van der Waals surface area contributed by atoms with Crippen LogP contribution < -0.4 is 0 Å². The van der Waals surface area contributed by atoms with Gasteiger partial charge in [-0.25, -0.2) is 18.3 Å². The molecule has 3 fully saturated rings. The van der Waals surface area contributed by atoms with E-state index in [-0.39, 0.29) is 78.5 Å². The first-order valence-corrected chi connectivity index (χ1v) is 23.5.